The van der Waals surface area contributed by atoms with Crippen molar-refractivity contribution in [2.45, 2.75) is 63.8 Å². The van der Waals surface area contributed by atoms with Gasteiger partial charge in [-0.2, -0.15) is 5.10 Å². The third kappa shape index (κ3) is 2.89. The Morgan fingerprint density at radius 2 is 1.90 bits per heavy atom. The van der Waals surface area contributed by atoms with Gasteiger partial charge in [0.05, 0.1) is 17.7 Å². The van der Waals surface area contributed by atoms with E-state index in [0.29, 0.717) is 18.4 Å². The number of carboxylic acid groups (broad SMARTS) is 1. The second-order valence-electron chi connectivity index (χ2n) is 6.42. The summed E-state index contributed by atoms with van der Waals surface area (Å²) in [5.74, 6) is -0.541. The highest BCUT2D eigenvalue weighted by atomic mass is 16.4. The van der Waals surface area contributed by atoms with E-state index < -0.39 is 5.97 Å². The Morgan fingerprint density at radius 3 is 2.55 bits per heavy atom. The van der Waals surface area contributed by atoms with E-state index in [0.717, 1.165) is 18.5 Å². The summed E-state index contributed by atoms with van der Waals surface area (Å²) in [6, 6.07) is 2.56. The zero-order chi connectivity index (χ0) is 13.9. The van der Waals surface area contributed by atoms with E-state index in [1.807, 2.05) is 12.3 Å². The molecule has 1 N–H and O–H groups in total. The number of rotatable bonds is 5. The van der Waals surface area contributed by atoms with E-state index in [1.165, 1.54) is 38.5 Å². The van der Waals surface area contributed by atoms with Crippen LogP contribution in [-0.2, 0) is 11.2 Å². The van der Waals surface area contributed by atoms with E-state index in [1.54, 1.807) is 0 Å². The molecule has 0 radical (unpaired) electrons. The van der Waals surface area contributed by atoms with Crippen molar-refractivity contribution < 1.29 is 9.90 Å². The molecule has 2 aliphatic carbocycles. The molecular weight excluding hydrogens is 252 g/mol. The molecule has 3 rings (SSSR count). The maximum absolute atomic E-state index is 11.5. The summed E-state index contributed by atoms with van der Waals surface area (Å²) in [7, 11) is 0. The van der Waals surface area contributed by atoms with Crippen molar-refractivity contribution in [2.75, 3.05) is 0 Å². The van der Waals surface area contributed by atoms with Crippen molar-refractivity contribution in [3.05, 3.63) is 18.0 Å². The van der Waals surface area contributed by atoms with Gasteiger partial charge < -0.3 is 5.11 Å². The predicted molar refractivity (Wildman–Crippen MR) is 76.5 cm³/mol. The van der Waals surface area contributed by atoms with Crippen LogP contribution in [0.15, 0.2) is 12.3 Å². The highest BCUT2D eigenvalue weighted by molar-refractivity contribution is 5.70. The fraction of sp³-hybridized carbons (Fsp3) is 0.750. The number of hydrogen-bond acceptors (Lipinski definition) is 2. The van der Waals surface area contributed by atoms with Crippen LogP contribution in [-0.4, -0.2) is 20.9 Å². The lowest BCUT2D eigenvalue weighted by Gasteiger charge is -2.18. The van der Waals surface area contributed by atoms with Gasteiger partial charge in [0.15, 0.2) is 0 Å². The first kappa shape index (κ1) is 13.7. The molecule has 1 atom stereocenters. The molecule has 0 aromatic carbocycles. The van der Waals surface area contributed by atoms with Gasteiger partial charge in [0.2, 0.25) is 0 Å². The average molecular weight is 276 g/mol. The molecule has 0 amide bonds. The zero-order valence-electron chi connectivity index (χ0n) is 12.0. The third-order valence-electron chi connectivity index (χ3n) is 5.08. The van der Waals surface area contributed by atoms with E-state index in [9.17, 15) is 9.90 Å². The van der Waals surface area contributed by atoms with Crippen LogP contribution in [0.25, 0.3) is 0 Å². The number of hydrogen-bond donors (Lipinski definition) is 1. The fourth-order valence-electron chi connectivity index (χ4n) is 3.90. The quantitative estimate of drug-likeness (QED) is 0.896. The van der Waals surface area contributed by atoms with Crippen LogP contribution in [0.2, 0.25) is 0 Å². The van der Waals surface area contributed by atoms with Crippen LogP contribution in [0.1, 0.15) is 63.1 Å². The van der Waals surface area contributed by atoms with Crippen molar-refractivity contribution in [3.63, 3.8) is 0 Å². The standard InChI is InChI=1S/C16H24N2O2/c19-16(20)15(12-5-1-2-6-12)11-13-9-10-18(17-13)14-7-3-4-8-14/h9-10,12,14-15H,1-8,11H2,(H,19,20). The minimum Gasteiger partial charge on any atom is -0.481 e. The SMILES string of the molecule is O=C(O)C(Cc1ccn(C2CCCC2)n1)C1CCCC1. The van der Waals surface area contributed by atoms with Crippen LogP contribution >= 0.6 is 0 Å². The summed E-state index contributed by atoms with van der Waals surface area (Å²) in [6.07, 6.45) is 12.2. The molecule has 2 aliphatic rings. The Bertz CT molecular complexity index is 457. The van der Waals surface area contributed by atoms with Crippen LogP contribution in [0, 0.1) is 11.8 Å². The normalized spacial score (nSPS) is 22.4. The second-order valence-corrected chi connectivity index (χ2v) is 6.42. The van der Waals surface area contributed by atoms with Crippen molar-refractivity contribution >= 4 is 5.97 Å². The fourth-order valence-corrected chi connectivity index (χ4v) is 3.90. The zero-order valence-corrected chi connectivity index (χ0v) is 12.0. The summed E-state index contributed by atoms with van der Waals surface area (Å²) < 4.78 is 2.07. The monoisotopic (exact) mass is 276 g/mol. The Kier molecular flexibility index (Phi) is 4.08. The van der Waals surface area contributed by atoms with E-state index in [2.05, 4.69) is 9.78 Å². The number of carbonyl (C=O) groups is 1. The molecule has 4 nitrogen and oxygen atoms in total. The van der Waals surface area contributed by atoms with Gasteiger partial charge in [-0.3, -0.25) is 9.48 Å². The van der Waals surface area contributed by atoms with Crippen molar-refractivity contribution in [3.8, 4) is 0 Å². The predicted octanol–water partition coefficient (Wildman–Crippen LogP) is 3.43. The molecule has 1 unspecified atom stereocenters. The molecule has 1 aromatic rings. The molecule has 1 aromatic heterocycles. The molecule has 110 valence electrons. The van der Waals surface area contributed by atoms with Gasteiger partial charge in [0.1, 0.15) is 0 Å². The minimum atomic E-state index is -0.646. The van der Waals surface area contributed by atoms with Crippen LogP contribution in [0.3, 0.4) is 0 Å². The first-order valence-corrected chi connectivity index (χ1v) is 8.01. The van der Waals surface area contributed by atoms with Crippen LogP contribution in [0.5, 0.6) is 0 Å². The molecule has 2 saturated carbocycles. The van der Waals surface area contributed by atoms with Crippen molar-refractivity contribution in [2.24, 2.45) is 11.8 Å². The lowest BCUT2D eigenvalue weighted by Crippen LogP contribution is -2.24. The summed E-state index contributed by atoms with van der Waals surface area (Å²) in [6.45, 7) is 0. The van der Waals surface area contributed by atoms with Gasteiger partial charge in [0, 0.05) is 12.6 Å². The first-order valence-electron chi connectivity index (χ1n) is 8.01. The number of carboxylic acids is 1. The Morgan fingerprint density at radius 1 is 1.25 bits per heavy atom. The Balaban J connectivity index is 1.67. The van der Waals surface area contributed by atoms with Gasteiger partial charge in [-0.15, -0.1) is 0 Å². The topological polar surface area (TPSA) is 55.1 Å². The molecule has 2 fully saturated rings. The third-order valence-corrected chi connectivity index (χ3v) is 5.08. The van der Waals surface area contributed by atoms with Gasteiger partial charge in [-0.05, 0) is 37.7 Å². The van der Waals surface area contributed by atoms with Crippen LogP contribution in [0.4, 0.5) is 0 Å². The summed E-state index contributed by atoms with van der Waals surface area (Å²) in [5, 5.41) is 14.1. The van der Waals surface area contributed by atoms with Crippen molar-refractivity contribution in [1.29, 1.82) is 0 Å². The Hall–Kier alpha value is -1.32. The lowest BCUT2D eigenvalue weighted by molar-refractivity contribution is -0.143. The molecular formula is C16H24N2O2. The van der Waals surface area contributed by atoms with E-state index >= 15 is 0 Å². The highest BCUT2D eigenvalue weighted by Gasteiger charge is 2.31. The molecule has 0 aliphatic heterocycles. The van der Waals surface area contributed by atoms with Crippen LogP contribution < -0.4 is 0 Å². The molecule has 1 heterocycles. The van der Waals surface area contributed by atoms with E-state index in [-0.39, 0.29) is 5.92 Å². The lowest BCUT2D eigenvalue weighted by atomic mass is 9.87. The molecule has 0 saturated heterocycles. The second kappa shape index (κ2) is 5.98. The summed E-state index contributed by atoms with van der Waals surface area (Å²) in [4.78, 5) is 11.5. The maximum Gasteiger partial charge on any atom is 0.307 e. The highest BCUT2D eigenvalue weighted by Crippen LogP contribution is 2.34. The minimum absolute atomic E-state index is 0.246. The summed E-state index contributed by atoms with van der Waals surface area (Å²) in [5.41, 5.74) is 0.955. The number of aliphatic carboxylic acids is 1. The summed E-state index contributed by atoms with van der Waals surface area (Å²) >= 11 is 0. The van der Waals surface area contributed by atoms with Gasteiger partial charge in [-0.25, -0.2) is 0 Å². The van der Waals surface area contributed by atoms with Gasteiger partial charge in [-0.1, -0.05) is 25.7 Å². The van der Waals surface area contributed by atoms with E-state index in [4.69, 9.17) is 0 Å². The first-order chi connectivity index (χ1) is 9.74. The van der Waals surface area contributed by atoms with Gasteiger partial charge >= 0.3 is 5.97 Å². The molecule has 4 heteroatoms. The maximum atomic E-state index is 11.5. The Labute approximate surface area is 120 Å². The smallest absolute Gasteiger partial charge is 0.307 e. The number of nitrogens with zero attached hydrogens (tertiary/aromatic N) is 2. The molecule has 0 bridgehead atoms. The molecule has 20 heavy (non-hydrogen) atoms. The largest absolute Gasteiger partial charge is 0.481 e. The van der Waals surface area contributed by atoms with Crippen molar-refractivity contribution in [1.82, 2.24) is 9.78 Å². The van der Waals surface area contributed by atoms with Gasteiger partial charge in [0.25, 0.3) is 0 Å². The number of aromatic nitrogens is 2. The molecule has 0 spiro atoms. The average Bonchev–Trinajstić information content (AvgIpc) is 3.16.